The quantitative estimate of drug-likeness (QED) is 0.720. The Bertz CT molecular complexity index is 716. The van der Waals surface area contributed by atoms with Crippen LogP contribution in [0.4, 0.5) is 4.39 Å². The minimum atomic E-state index is -0.404. The van der Waals surface area contributed by atoms with Gasteiger partial charge in [-0.25, -0.2) is 4.39 Å². The van der Waals surface area contributed by atoms with E-state index in [-0.39, 0.29) is 11.7 Å². The zero-order valence-corrected chi connectivity index (χ0v) is 15.4. The molecule has 0 unspecified atom stereocenters. The van der Waals surface area contributed by atoms with E-state index in [4.69, 9.17) is 4.74 Å². The fourth-order valence-corrected chi connectivity index (χ4v) is 3.55. The van der Waals surface area contributed by atoms with E-state index in [9.17, 15) is 9.18 Å². The molecule has 1 heterocycles. The molecule has 2 aromatic rings. The van der Waals surface area contributed by atoms with E-state index in [1.54, 1.807) is 35.4 Å². The molecule has 134 valence electrons. The average Bonchev–Trinajstić information content (AvgIpc) is 3.32. The third-order valence-corrected chi connectivity index (χ3v) is 5.26. The lowest BCUT2D eigenvalue weighted by Gasteiger charge is -2.24. The zero-order valence-electron chi connectivity index (χ0n) is 14.6. The van der Waals surface area contributed by atoms with Crippen LogP contribution in [-0.2, 0) is 17.9 Å². The number of carbonyl (C=O) groups is 1. The van der Waals surface area contributed by atoms with Crippen molar-refractivity contribution in [1.82, 2.24) is 9.80 Å². The molecule has 1 aromatic carbocycles. The van der Waals surface area contributed by atoms with E-state index >= 15 is 0 Å². The second-order valence-electron chi connectivity index (χ2n) is 6.43. The van der Waals surface area contributed by atoms with Crippen molar-refractivity contribution in [3.8, 4) is 5.75 Å². The number of ether oxygens (including phenoxy) is 1. The summed E-state index contributed by atoms with van der Waals surface area (Å²) in [7, 11) is 3.20. The van der Waals surface area contributed by atoms with E-state index < -0.39 is 5.82 Å². The molecule has 1 aliphatic carbocycles. The summed E-state index contributed by atoms with van der Waals surface area (Å²) in [4.78, 5) is 17.8. The number of benzene rings is 1. The SMILES string of the molecule is COc1ccc(CN(C)C(=O)CN(Cc2cccs2)C2CC2)cc1F. The van der Waals surface area contributed by atoms with Crippen LogP contribution in [0.2, 0.25) is 0 Å². The van der Waals surface area contributed by atoms with Crippen molar-refractivity contribution < 1.29 is 13.9 Å². The Balaban J connectivity index is 1.58. The van der Waals surface area contributed by atoms with Crippen molar-refractivity contribution in [1.29, 1.82) is 0 Å². The van der Waals surface area contributed by atoms with Gasteiger partial charge in [0.15, 0.2) is 11.6 Å². The summed E-state index contributed by atoms with van der Waals surface area (Å²) in [6, 6.07) is 9.46. The highest BCUT2D eigenvalue weighted by molar-refractivity contribution is 7.09. The van der Waals surface area contributed by atoms with E-state index in [2.05, 4.69) is 16.3 Å². The molecule has 0 bridgehead atoms. The number of thiophene rings is 1. The van der Waals surface area contributed by atoms with Crippen molar-refractivity contribution in [3.05, 3.63) is 52.0 Å². The molecule has 25 heavy (non-hydrogen) atoms. The molecule has 0 atom stereocenters. The predicted molar refractivity (Wildman–Crippen MR) is 97.2 cm³/mol. The summed E-state index contributed by atoms with van der Waals surface area (Å²) in [6.45, 7) is 1.61. The Morgan fingerprint density at radius 3 is 2.72 bits per heavy atom. The number of hydrogen-bond acceptors (Lipinski definition) is 4. The summed E-state index contributed by atoms with van der Waals surface area (Å²) in [5.41, 5.74) is 0.755. The normalized spacial score (nSPS) is 13.9. The van der Waals surface area contributed by atoms with E-state index in [0.29, 0.717) is 19.1 Å². The van der Waals surface area contributed by atoms with Gasteiger partial charge in [-0.2, -0.15) is 0 Å². The number of halogens is 1. The molecule has 1 amide bonds. The first kappa shape index (κ1) is 17.9. The molecule has 0 spiro atoms. The first-order valence-electron chi connectivity index (χ1n) is 8.39. The van der Waals surface area contributed by atoms with Gasteiger partial charge >= 0.3 is 0 Å². The first-order valence-corrected chi connectivity index (χ1v) is 9.27. The lowest BCUT2D eigenvalue weighted by atomic mass is 10.2. The third kappa shape index (κ3) is 4.80. The van der Waals surface area contributed by atoms with Crippen LogP contribution in [0.3, 0.4) is 0 Å². The highest BCUT2D eigenvalue weighted by Gasteiger charge is 2.31. The van der Waals surface area contributed by atoms with Crippen LogP contribution in [0.5, 0.6) is 5.75 Å². The molecule has 1 aliphatic rings. The summed E-state index contributed by atoms with van der Waals surface area (Å²) < 4.78 is 18.7. The standard InChI is InChI=1S/C19H23FN2O2S/c1-21(11-14-5-8-18(24-2)17(20)10-14)19(23)13-22(15-6-7-15)12-16-4-3-9-25-16/h3-5,8-10,15H,6-7,11-13H2,1-2H3. The summed E-state index contributed by atoms with van der Waals surface area (Å²) in [5.74, 6) is -0.133. The van der Waals surface area contributed by atoms with Gasteiger partial charge in [0.25, 0.3) is 0 Å². The zero-order chi connectivity index (χ0) is 17.8. The fraction of sp³-hybridized carbons (Fsp3) is 0.421. The second kappa shape index (κ2) is 7.97. The number of amides is 1. The maximum Gasteiger partial charge on any atom is 0.236 e. The monoisotopic (exact) mass is 362 g/mol. The van der Waals surface area contributed by atoms with Crippen molar-refractivity contribution in [2.24, 2.45) is 0 Å². The molecule has 0 N–H and O–H groups in total. The molecule has 4 nitrogen and oxygen atoms in total. The first-order chi connectivity index (χ1) is 12.1. The van der Waals surface area contributed by atoms with Crippen LogP contribution in [0.1, 0.15) is 23.3 Å². The average molecular weight is 362 g/mol. The number of carbonyl (C=O) groups excluding carboxylic acids is 1. The van der Waals surface area contributed by atoms with E-state index in [1.807, 2.05) is 6.07 Å². The van der Waals surface area contributed by atoms with Crippen LogP contribution in [-0.4, -0.2) is 42.5 Å². The maximum absolute atomic E-state index is 13.8. The van der Waals surface area contributed by atoms with Crippen molar-refractivity contribution >= 4 is 17.2 Å². The highest BCUT2D eigenvalue weighted by atomic mass is 32.1. The van der Waals surface area contributed by atoms with Crippen LogP contribution < -0.4 is 4.74 Å². The maximum atomic E-state index is 13.8. The molecule has 3 rings (SSSR count). The van der Waals surface area contributed by atoms with E-state index in [0.717, 1.165) is 24.9 Å². The van der Waals surface area contributed by atoms with Gasteiger partial charge in [0.1, 0.15) is 0 Å². The molecule has 1 saturated carbocycles. The van der Waals surface area contributed by atoms with Crippen molar-refractivity contribution in [2.75, 3.05) is 20.7 Å². The molecule has 6 heteroatoms. The van der Waals surface area contributed by atoms with Crippen LogP contribution >= 0.6 is 11.3 Å². The van der Waals surface area contributed by atoms with Gasteiger partial charge in [-0.05, 0) is 42.0 Å². The van der Waals surface area contributed by atoms with Crippen molar-refractivity contribution in [3.63, 3.8) is 0 Å². The topological polar surface area (TPSA) is 32.8 Å². The molecule has 0 saturated heterocycles. The Labute approximate surface area is 151 Å². The van der Waals surface area contributed by atoms with Crippen LogP contribution in [0.25, 0.3) is 0 Å². The van der Waals surface area contributed by atoms with Gasteiger partial charge < -0.3 is 9.64 Å². The van der Waals surface area contributed by atoms with E-state index in [1.165, 1.54) is 18.1 Å². The van der Waals surface area contributed by atoms with Gasteiger partial charge in [-0.1, -0.05) is 12.1 Å². The van der Waals surface area contributed by atoms with Gasteiger partial charge in [-0.15, -0.1) is 11.3 Å². The Morgan fingerprint density at radius 2 is 2.12 bits per heavy atom. The summed E-state index contributed by atoms with van der Waals surface area (Å²) in [5, 5.41) is 2.06. The largest absolute Gasteiger partial charge is 0.494 e. The summed E-state index contributed by atoms with van der Waals surface area (Å²) >= 11 is 1.72. The van der Waals surface area contributed by atoms with Crippen LogP contribution in [0.15, 0.2) is 35.7 Å². The third-order valence-electron chi connectivity index (χ3n) is 4.40. The molecule has 0 radical (unpaired) electrons. The summed E-state index contributed by atoms with van der Waals surface area (Å²) in [6.07, 6.45) is 2.32. The Kier molecular flexibility index (Phi) is 5.71. The van der Waals surface area contributed by atoms with Gasteiger partial charge in [0.05, 0.1) is 13.7 Å². The molecule has 1 aromatic heterocycles. The van der Waals surface area contributed by atoms with Crippen molar-refractivity contribution in [2.45, 2.75) is 32.0 Å². The van der Waals surface area contributed by atoms with Crippen LogP contribution in [0, 0.1) is 5.82 Å². The van der Waals surface area contributed by atoms with Gasteiger partial charge in [0, 0.05) is 31.1 Å². The minimum absolute atomic E-state index is 0.0553. The number of likely N-dealkylation sites (N-methyl/N-ethyl adjacent to an activating group) is 1. The Hall–Kier alpha value is -1.92. The minimum Gasteiger partial charge on any atom is -0.494 e. The lowest BCUT2D eigenvalue weighted by Crippen LogP contribution is -2.38. The molecule has 1 fully saturated rings. The number of hydrogen-bond donors (Lipinski definition) is 0. The second-order valence-corrected chi connectivity index (χ2v) is 7.47. The number of methoxy groups -OCH3 is 1. The lowest BCUT2D eigenvalue weighted by molar-refractivity contribution is -0.132. The van der Waals surface area contributed by atoms with Gasteiger partial charge in [-0.3, -0.25) is 9.69 Å². The highest BCUT2D eigenvalue weighted by Crippen LogP contribution is 2.29. The number of nitrogens with zero attached hydrogens (tertiary/aromatic N) is 2. The van der Waals surface area contributed by atoms with Gasteiger partial charge in [0.2, 0.25) is 5.91 Å². The predicted octanol–water partition coefficient (Wildman–Crippen LogP) is 3.52. The molecular formula is C19H23FN2O2S. The number of rotatable bonds is 8. The fourth-order valence-electron chi connectivity index (χ4n) is 2.82. The Morgan fingerprint density at radius 1 is 1.32 bits per heavy atom. The molecular weight excluding hydrogens is 339 g/mol. The molecule has 0 aliphatic heterocycles. The smallest absolute Gasteiger partial charge is 0.236 e.